The van der Waals surface area contributed by atoms with Gasteiger partial charge in [0.2, 0.25) is 5.91 Å². The maximum absolute atomic E-state index is 12.5. The van der Waals surface area contributed by atoms with Crippen molar-refractivity contribution in [3.05, 3.63) is 88.9 Å². The number of ether oxygens (including phenoxy) is 2. The van der Waals surface area contributed by atoms with Gasteiger partial charge in [-0.2, -0.15) is 0 Å². The number of nitrogens with one attached hydrogen (secondary N) is 2. The molecule has 0 aromatic heterocycles. The zero-order chi connectivity index (χ0) is 22.9. The highest BCUT2D eigenvalue weighted by Gasteiger charge is 2.11. The fourth-order valence-electron chi connectivity index (χ4n) is 2.82. The van der Waals surface area contributed by atoms with Crippen molar-refractivity contribution in [3.63, 3.8) is 0 Å². The molecule has 0 saturated heterocycles. The molecule has 0 aliphatic rings. The summed E-state index contributed by atoms with van der Waals surface area (Å²) in [7, 11) is 0. The van der Waals surface area contributed by atoms with Gasteiger partial charge in [-0.25, -0.2) is 4.79 Å². The second-order valence-corrected chi connectivity index (χ2v) is 7.07. The predicted molar refractivity (Wildman–Crippen MR) is 122 cm³/mol. The van der Waals surface area contributed by atoms with Crippen LogP contribution >= 0.6 is 11.6 Å². The number of rotatable bonds is 7. The Morgan fingerprint density at radius 2 is 1.56 bits per heavy atom. The van der Waals surface area contributed by atoms with Crippen LogP contribution < -0.4 is 15.4 Å². The van der Waals surface area contributed by atoms with Crippen LogP contribution in [0.15, 0.2) is 72.8 Å². The van der Waals surface area contributed by atoms with Crippen LogP contribution in [0.25, 0.3) is 0 Å². The van der Waals surface area contributed by atoms with E-state index in [1.165, 1.54) is 24.3 Å². The molecule has 32 heavy (non-hydrogen) atoms. The molecular formula is C24H21ClN2O5. The summed E-state index contributed by atoms with van der Waals surface area (Å²) >= 11 is 6.10. The van der Waals surface area contributed by atoms with Gasteiger partial charge in [0.25, 0.3) is 5.91 Å². The number of amides is 2. The van der Waals surface area contributed by atoms with Crippen LogP contribution in [-0.2, 0) is 16.0 Å². The lowest BCUT2D eigenvalue weighted by molar-refractivity contribution is -0.115. The monoisotopic (exact) mass is 452 g/mol. The Hall–Kier alpha value is -3.84. The molecule has 0 heterocycles. The fraction of sp³-hybridized carbons (Fsp3) is 0.125. The third kappa shape index (κ3) is 6.58. The van der Waals surface area contributed by atoms with Crippen molar-refractivity contribution in [1.82, 2.24) is 0 Å². The summed E-state index contributed by atoms with van der Waals surface area (Å²) in [5, 5.41) is 6.10. The lowest BCUT2D eigenvalue weighted by atomic mass is 10.1. The molecule has 0 spiro atoms. The van der Waals surface area contributed by atoms with Gasteiger partial charge in [-0.1, -0.05) is 35.9 Å². The van der Waals surface area contributed by atoms with Gasteiger partial charge < -0.3 is 20.1 Å². The highest BCUT2D eigenvalue weighted by atomic mass is 35.5. The first-order chi connectivity index (χ1) is 15.4. The standard InChI is InChI=1S/C24H21ClN2O5/c1-2-31-24(30)32-20-12-10-16(11-13-20)23(29)27-19-8-5-7-18(15-19)26-22(28)14-17-6-3-4-9-21(17)25/h3-13,15H,2,14H2,1H3,(H,26,28)(H,27,29). The minimum atomic E-state index is -0.807. The molecule has 3 aromatic carbocycles. The maximum Gasteiger partial charge on any atom is 0.513 e. The molecule has 0 aliphatic heterocycles. The van der Waals surface area contributed by atoms with E-state index in [0.29, 0.717) is 22.0 Å². The first kappa shape index (κ1) is 22.8. The SMILES string of the molecule is CCOC(=O)Oc1ccc(C(=O)Nc2cccc(NC(=O)Cc3ccccc3Cl)c2)cc1. The summed E-state index contributed by atoms with van der Waals surface area (Å²) in [6, 6.07) is 20.0. The van der Waals surface area contributed by atoms with Crippen LogP contribution in [0.2, 0.25) is 5.02 Å². The van der Waals surface area contributed by atoms with Gasteiger partial charge in [0, 0.05) is 22.0 Å². The summed E-state index contributed by atoms with van der Waals surface area (Å²) < 4.78 is 9.67. The Balaban J connectivity index is 1.59. The number of benzene rings is 3. The average Bonchev–Trinajstić information content (AvgIpc) is 2.76. The number of anilines is 2. The van der Waals surface area contributed by atoms with Gasteiger partial charge in [0.1, 0.15) is 5.75 Å². The summed E-state index contributed by atoms with van der Waals surface area (Å²) in [4.78, 5) is 36.2. The molecule has 0 bridgehead atoms. The topological polar surface area (TPSA) is 93.7 Å². The lowest BCUT2D eigenvalue weighted by Crippen LogP contribution is -2.15. The molecular weight excluding hydrogens is 432 g/mol. The summed E-state index contributed by atoms with van der Waals surface area (Å²) in [6.07, 6.45) is -0.672. The smallest absolute Gasteiger partial charge is 0.434 e. The zero-order valence-electron chi connectivity index (χ0n) is 17.3. The molecule has 0 saturated carbocycles. The highest BCUT2D eigenvalue weighted by Crippen LogP contribution is 2.19. The molecule has 0 aliphatic carbocycles. The molecule has 164 valence electrons. The molecule has 7 nitrogen and oxygen atoms in total. The third-order valence-corrected chi connectivity index (χ3v) is 4.66. The molecule has 2 N–H and O–H groups in total. The molecule has 0 unspecified atom stereocenters. The van der Waals surface area contributed by atoms with E-state index >= 15 is 0 Å². The fourth-order valence-corrected chi connectivity index (χ4v) is 3.02. The minimum absolute atomic E-state index is 0.135. The van der Waals surface area contributed by atoms with Crippen molar-refractivity contribution in [2.45, 2.75) is 13.3 Å². The maximum atomic E-state index is 12.5. The Morgan fingerprint density at radius 3 is 2.25 bits per heavy atom. The van der Waals surface area contributed by atoms with E-state index < -0.39 is 6.16 Å². The Morgan fingerprint density at radius 1 is 0.875 bits per heavy atom. The van der Waals surface area contributed by atoms with Crippen molar-refractivity contribution in [1.29, 1.82) is 0 Å². The normalized spacial score (nSPS) is 10.2. The van der Waals surface area contributed by atoms with Crippen molar-refractivity contribution >= 4 is 40.9 Å². The molecule has 0 radical (unpaired) electrons. The van der Waals surface area contributed by atoms with Crippen LogP contribution in [0.4, 0.5) is 16.2 Å². The van der Waals surface area contributed by atoms with E-state index in [1.54, 1.807) is 49.4 Å². The van der Waals surface area contributed by atoms with Crippen LogP contribution in [0.5, 0.6) is 5.75 Å². The van der Waals surface area contributed by atoms with E-state index in [2.05, 4.69) is 10.6 Å². The van der Waals surface area contributed by atoms with Gasteiger partial charge in [-0.3, -0.25) is 9.59 Å². The van der Waals surface area contributed by atoms with Crippen molar-refractivity contribution < 1.29 is 23.9 Å². The van der Waals surface area contributed by atoms with E-state index in [0.717, 1.165) is 5.56 Å². The molecule has 2 amide bonds. The van der Waals surface area contributed by atoms with Crippen LogP contribution in [0, 0.1) is 0 Å². The molecule has 3 rings (SSSR count). The average molecular weight is 453 g/mol. The van der Waals surface area contributed by atoms with Crippen LogP contribution in [0.3, 0.4) is 0 Å². The molecule has 8 heteroatoms. The van der Waals surface area contributed by atoms with E-state index in [4.69, 9.17) is 21.1 Å². The molecule has 0 fully saturated rings. The first-order valence-corrected chi connectivity index (χ1v) is 10.2. The van der Waals surface area contributed by atoms with E-state index in [1.807, 2.05) is 6.07 Å². The van der Waals surface area contributed by atoms with Crippen molar-refractivity contribution in [2.75, 3.05) is 17.2 Å². The quantitative estimate of drug-likeness (QED) is 0.374. The molecule has 0 atom stereocenters. The highest BCUT2D eigenvalue weighted by molar-refractivity contribution is 6.31. The van der Waals surface area contributed by atoms with E-state index in [9.17, 15) is 14.4 Å². The molecule has 3 aromatic rings. The first-order valence-electron chi connectivity index (χ1n) is 9.84. The van der Waals surface area contributed by atoms with Gasteiger partial charge in [-0.05, 0) is 61.0 Å². The van der Waals surface area contributed by atoms with Gasteiger partial charge in [-0.15, -0.1) is 0 Å². The Labute approximate surface area is 190 Å². The summed E-state index contributed by atoms with van der Waals surface area (Å²) in [6.45, 7) is 1.88. The number of hydrogen-bond donors (Lipinski definition) is 2. The number of halogens is 1. The minimum Gasteiger partial charge on any atom is -0.434 e. The Bertz CT molecular complexity index is 1120. The Kier molecular flexibility index (Phi) is 7.83. The van der Waals surface area contributed by atoms with Gasteiger partial charge in [0.05, 0.1) is 13.0 Å². The van der Waals surface area contributed by atoms with Crippen LogP contribution in [0.1, 0.15) is 22.8 Å². The number of carbonyl (C=O) groups excluding carboxylic acids is 3. The van der Waals surface area contributed by atoms with Crippen LogP contribution in [-0.4, -0.2) is 24.6 Å². The summed E-state index contributed by atoms with van der Waals surface area (Å²) in [5.41, 5.74) is 2.15. The zero-order valence-corrected chi connectivity index (χ0v) is 18.0. The largest absolute Gasteiger partial charge is 0.513 e. The summed E-state index contributed by atoms with van der Waals surface area (Å²) in [5.74, 6) is -0.311. The lowest BCUT2D eigenvalue weighted by Gasteiger charge is -2.10. The van der Waals surface area contributed by atoms with Crippen molar-refractivity contribution in [2.24, 2.45) is 0 Å². The third-order valence-electron chi connectivity index (χ3n) is 4.29. The second kappa shape index (κ2) is 11.0. The van der Waals surface area contributed by atoms with E-state index in [-0.39, 0.29) is 30.6 Å². The van der Waals surface area contributed by atoms with Gasteiger partial charge >= 0.3 is 6.16 Å². The van der Waals surface area contributed by atoms with Gasteiger partial charge in [0.15, 0.2) is 0 Å². The number of carbonyl (C=O) groups is 3. The predicted octanol–water partition coefficient (Wildman–Crippen LogP) is 5.31. The number of hydrogen-bond acceptors (Lipinski definition) is 5. The second-order valence-electron chi connectivity index (χ2n) is 6.66. The van der Waals surface area contributed by atoms with Crippen molar-refractivity contribution in [3.8, 4) is 5.75 Å².